The number of rotatable bonds is 1. The van der Waals surface area contributed by atoms with Crippen molar-refractivity contribution in [3.63, 3.8) is 0 Å². The van der Waals surface area contributed by atoms with Gasteiger partial charge in [-0.15, -0.1) is 0 Å². The number of hydrogen-bond donors (Lipinski definition) is 2. The number of nitrogens with zero attached hydrogens (tertiary/aromatic N) is 1. The molecule has 0 spiro atoms. The molecule has 84 valence electrons. The molecule has 1 rings (SSSR count). The SMILES string of the molecule is Nc1cc(C(F)(F)F)nc(C(F)F)c1O. The van der Waals surface area contributed by atoms with Crippen LogP contribution in [0, 0.1) is 0 Å². The summed E-state index contributed by atoms with van der Waals surface area (Å²) in [5.41, 5.74) is 1.21. The van der Waals surface area contributed by atoms with E-state index in [0.29, 0.717) is 6.07 Å². The first kappa shape index (κ1) is 11.5. The van der Waals surface area contributed by atoms with Crippen molar-refractivity contribution in [2.75, 3.05) is 5.73 Å². The molecule has 0 atom stereocenters. The number of pyridine rings is 1. The highest BCUT2D eigenvalue weighted by Gasteiger charge is 2.35. The molecule has 15 heavy (non-hydrogen) atoms. The highest BCUT2D eigenvalue weighted by molar-refractivity contribution is 5.55. The summed E-state index contributed by atoms with van der Waals surface area (Å²) in [7, 11) is 0. The zero-order chi connectivity index (χ0) is 11.8. The summed E-state index contributed by atoms with van der Waals surface area (Å²) < 4.78 is 60.6. The van der Waals surface area contributed by atoms with E-state index in [1.54, 1.807) is 0 Å². The van der Waals surface area contributed by atoms with Gasteiger partial charge in [0.25, 0.3) is 6.43 Å². The van der Waals surface area contributed by atoms with Gasteiger partial charge in [-0.25, -0.2) is 13.8 Å². The van der Waals surface area contributed by atoms with Gasteiger partial charge in [0.05, 0.1) is 5.69 Å². The van der Waals surface area contributed by atoms with Gasteiger partial charge in [0.15, 0.2) is 11.4 Å². The highest BCUT2D eigenvalue weighted by atomic mass is 19.4. The predicted molar refractivity (Wildman–Crippen MR) is 40.3 cm³/mol. The molecule has 1 heterocycles. The van der Waals surface area contributed by atoms with Gasteiger partial charge in [-0.2, -0.15) is 13.2 Å². The molecular weight excluding hydrogens is 223 g/mol. The normalized spacial score (nSPS) is 12.1. The molecule has 0 saturated heterocycles. The number of anilines is 1. The first-order valence-electron chi connectivity index (χ1n) is 3.58. The van der Waals surface area contributed by atoms with Crippen LogP contribution in [0.1, 0.15) is 17.8 Å². The van der Waals surface area contributed by atoms with Crippen LogP contribution in [-0.4, -0.2) is 10.1 Å². The van der Waals surface area contributed by atoms with Crippen molar-refractivity contribution in [3.8, 4) is 5.75 Å². The summed E-state index contributed by atoms with van der Waals surface area (Å²) in [6.07, 6.45) is -8.21. The van der Waals surface area contributed by atoms with Crippen molar-refractivity contribution < 1.29 is 27.1 Å². The number of alkyl halides is 5. The summed E-state index contributed by atoms with van der Waals surface area (Å²) in [5.74, 6) is -1.13. The Kier molecular flexibility index (Phi) is 2.69. The highest BCUT2D eigenvalue weighted by Crippen LogP contribution is 2.36. The van der Waals surface area contributed by atoms with Gasteiger partial charge < -0.3 is 10.8 Å². The Bertz CT molecular complexity index is 376. The number of nitrogens with two attached hydrogens (primary N) is 1. The second kappa shape index (κ2) is 3.52. The number of hydrogen-bond acceptors (Lipinski definition) is 3. The third kappa shape index (κ3) is 2.25. The zero-order valence-electron chi connectivity index (χ0n) is 7.02. The van der Waals surface area contributed by atoms with Gasteiger partial charge in [0, 0.05) is 0 Å². The quantitative estimate of drug-likeness (QED) is 0.725. The van der Waals surface area contributed by atoms with Gasteiger partial charge >= 0.3 is 6.18 Å². The average Bonchev–Trinajstić information content (AvgIpc) is 2.06. The van der Waals surface area contributed by atoms with E-state index in [9.17, 15) is 22.0 Å². The molecule has 0 radical (unpaired) electrons. The second-order valence-electron chi connectivity index (χ2n) is 2.63. The van der Waals surface area contributed by atoms with Gasteiger partial charge in [-0.05, 0) is 6.07 Å². The van der Waals surface area contributed by atoms with Gasteiger partial charge in [-0.1, -0.05) is 0 Å². The number of nitrogen functional groups attached to an aromatic ring is 1. The van der Waals surface area contributed by atoms with Crippen LogP contribution in [0.25, 0.3) is 0 Å². The standard InChI is InChI=1S/C7H5F5N2O/c8-6(9)4-5(15)2(13)1-3(14-4)7(10,11)12/h1,6,15H,(H2,13,14). The van der Waals surface area contributed by atoms with E-state index in [1.807, 2.05) is 0 Å². The lowest BCUT2D eigenvalue weighted by Gasteiger charge is -2.10. The van der Waals surface area contributed by atoms with Gasteiger partial charge in [-0.3, -0.25) is 0 Å². The van der Waals surface area contributed by atoms with Crippen LogP contribution in [0.4, 0.5) is 27.6 Å². The lowest BCUT2D eigenvalue weighted by Crippen LogP contribution is -2.11. The molecule has 0 aliphatic carbocycles. The first-order chi connectivity index (χ1) is 6.73. The van der Waals surface area contributed by atoms with Crippen LogP contribution in [0.3, 0.4) is 0 Å². The Hall–Kier alpha value is -1.60. The van der Waals surface area contributed by atoms with Crippen LogP contribution in [0.2, 0.25) is 0 Å². The molecule has 1 aromatic rings. The minimum Gasteiger partial charge on any atom is -0.504 e. The lowest BCUT2D eigenvalue weighted by atomic mass is 10.2. The molecule has 0 aliphatic heterocycles. The molecule has 0 saturated carbocycles. The maximum absolute atomic E-state index is 12.1. The third-order valence-corrected chi connectivity index (χ3v) is 1.55. The average molecular weight is 228 g/mol. The van der Waals surface area contributed by atoms with Gasteiger partial charge in [0.2, 0.25) is 0 Å². The smallest absolute Gasteiger partial charge is 0.433 e. The Morgan fingerprint density at radius 3 is 2.27 bits per heavy atom. The fourth-order valence-corrected chi connectivity index (χ4v) is 0.876. The Morgan fingerprint density at radius 2 is 1.87 bits per heavy atom. The van der Waals surface area contributed by atoms with Gasteiger partial charge in [0.1, 0.15) is 5.69 Å². The molecule has 0 bridgehead atoms. The number of halogens is 5. The fourth-order valence-electron chi connectivity index (χ4n) is 0.876. The van der Waals surface area contributed by atoms with E-state index >= 15 is 0 Å². The molecular formula is C7H5F5N2O. The number of aromatic nitrogens is 1. The van der Waals surface area contributed by atoms with E-state index in [0.717, 1.165) is 0 Å². The molecule has 1 aromatic heterocycles. The molecule has 0 unspecified atom stereocenters. The second-order valence-corrected chi connectivity index (χ2v) is 2.63. The zero-order valence-corrected chi connectivity index (χ0v) is 7.02. The van der Waals surface area contributed by atoms with Crippen molar-refractivity contribution in [3.05, 3.63) is 17.5 Å². The summed E-state index contributed by atoms with van der Waals surface area (Å²) in [4.78, 5) is 2.60. The van der Waals surface area contributed by atoms with Crippen molar-refractivity contribution in [2.45, 2.75) is 12.6 Å². The minimum atomic E-state index is -4.88. The molecule has 0 fully saturated rings. The van der Waals surface area contributed by atoms with E-state index in [-0.39, 0.29) is 0 Å². The van der Waals surface area contributed by atoms with Crippen molar-refractivity contribution >= 4 is 5.69 Å². The molecule has 0 aliphatic rings. The van der Waals surface area contributed by atoms with Crippen molar-refractivity contribution in [1.82, 2.24) is 4.98 Å². The van der Waals surface area contributed by atoms with Crippen LogP contribution in [-0.2, 0) is 6.18 Å². The summed E-state index contributed by atoms with van der Waals surface area (Å²) in [6, 6.07) is 0.293. The molecule has 3 N–H and O–H groups in total. The van der Waals surface area contributed by atoms with Crippen LogP contribution in [0.5, 0.6) is 5.75 Å². The van der Waals surface area contributed by atoms with Crippen LogP contribution in [0.15, 0.2) is 6.07 Å². The largest absolute Gasteiger partial charge is 0.504 e. The van der Waals surface area contributed by atoms with E-state index in [1.165, 1.54) is 0 Å². The van der Waals surface area contributed by atoms with Crippen molar-refractivity contribution in [2.24, 2.45) is 0 Å². The Morgan fingerprint density at radius 1 is 1.33 bits per heavy atom. The topological polar surface area (TPSA) is 59.1 Å². The van der Waals surface area contributed by atoms with E-state index in [4.69, 9.17) is 10.8 Å². The van der Waals surface area contributed by atoms with Crippen molar-refractivity contribution in [1.29, 1.82) is 0 Å². The Labute approximate surface area is 80.3 Å². The monoisotopic (exact) mass is 228 g/mol. The molecule has 0 aromatic carbocycles. The third-order valence-electron chi connectivity index (χ3n) is 1.55. The van der Waals surface area contributed by atoms with Crippen LogP contribution < -0.4 is 5.73 Å². The maximum atomic E-state index is 12.1. The molecule has 0 amide bonds. The lowest BCUT2D eigenvalue weighted by molar-refractivity contribution is -0.141. The van der Waals surface area contributed by atoms with E-state index in [2.05, 4.69) is 4.98 Å². The molecule has 3 nitrogen and oxygen atoms in total. The summed E-state index contributed by atoms with van der Waals surface area (Å²) in [5, 5.41) is 8.92. The van der Waals surface area contributed by atoms with Crippen LogP contribution >= 0.6 is 0 Å². The predicted octanol–water partition coefficient (Wildman–Crippen LogP) is 2.33. The maximum Gasteiger partial charge on any atom is 0.433 e. The summed E-state index contributed by atoms with van der Waals surface area (Å²) >= 11 is 0. The number of aromatic hydroxyl groups is 1. The van der Waals surface area contributed by atoms with E-state index < -0.39 is 35.4 Å². The summed E-state index contributed by atoms with van der Waals surface area (Å²) in [6.45, 7) is 0. The first-order valence-corrected chi connectivity index (χ1v) is 3.58. The fraction of sp³-hybridized carbons (Fsp3) is 0.286. The Balaban J connectivity index is 3.36. The minimum absolute atomic E-state index is 0.293. The molecule has 8 heteroatoms.